The number of hydrogen-bond donors (Lipinski definition) is 2. The van der Waals surface area contributed by atoms with Gasteiger partial charge in [-0.25, -0.2) is 0 Å². The Morgan fingerprint density at radius 2 is 2.28 bits per heavy atom. The highest BCUT2D eigenvalue weighted by atomic mass is 16.2. The first-order valence-corrected chi connectivity index (χ1v) is 7.41. The van der Waals surface area contributed by atoms with E-state index in [1.54, 1.807) is 0 Å². The van der Waals surface area contributed by atoms with Crippen molar-refractivity contribution < 1.29 is 4.79 Å². The van der Waals surface area contributed by atoms with Gasteiger partial charge in [0.15, 0.2) is 0 Å². The molecule has 0 aromatic rings. The average Bonchev–Trinajstić information content (AvgIpc) is 2.87. The van der Waals surface area contributed by atoms with Crippen LogP contribution in [-0.2, 0) is 4.79 Å². The highest BCUT2D eigenvalue weighted by molar-refractivity contribution is 5.86. The normalized spacial score (nSPS) is 33.6. The van der Waals surface area contributed by atoms with E-state index in [0.717, 1.165) is 38.9 Å². The third kappa shape index (κ3) is 2.86. The second-order valence-electron chi connectivity index (χ2n) is 5.81. The molecule has 2 aliphatic heterocycles. The minimum atomic E-state index is -0.284. The molecule has 2 heterocycles. The van der Waals surface area contributed by atoms with E-state index in [2.05, 4.69) is 29.5 Å². The van der Waals surface area contributed by atoms with Gasteiger partial charge in [0, 0.05) is 12.6 Å². The Morgan fingerprint density at radius 1 is 1.44 bits per heavy atom. The van der Waals surface area contributed by atoms with Crippen LogP contribution in [0.5, 0.6) is 0 Å². The van der Waals surface area contributed by atoms with E-state index in [1.165, 1.54) is 19.3 Å². The highest BCUT2D eigenvalue weighted by Gasteiger charge is 2.39. The van der Waals surface area contributed by atoms with Crippen molar-refractivity contribution in [1.82, 2.24) is 15.5 Å². The van der Waals surface area contributed by atoms with E-state index in [4.69, 9.17) is 0 Å². The molecule has 1 amide bonds. The molecule has 2 atom stereocenters. The molecule has 0 aliphatic carbocycles. The molecule has 0 radical (unpaired) electrons. The molecule has 0 saturated carbocycles. The predicted octanol–water partition coefficient (Wildman–Crippen LogP) is 1.12. The molecule has 4 nitrogen and oxygen atoms in total. The Balaban J connectivity index is 1.83. The summed E-state index contributed by atoms with van der Waals surface area (Å²) in [5, 5.41) is 6.57. The molecule has 0 aromatic heterocycles. The number of nitrogens with one attached hydrogen (secondary N) is 2. The predicted molar refractivity (Wildman–Crippen MR) is 73.5 cm³/mol. The second kappa shape index (κ2) is 6.02. The van der Waals surface area contributed by atoms with E-state index >= 15 is 0 Å². The molecule has 2 saturated heterocycles. The SMILES string of the molecule is CCC1(C(=O)NCC2CCCCN2C)CCCN1. The Hall–Kier alpha value is -0.610. The van der Waals surface area contributed by atoms with Crippen molar-refractivity contribution in [3.8, 4) is 0 Å². The molecule has 0 spiro atoms. The van der Waals surface area contributed by atoms with Gasteiger partial charge in [-0.05, 0) is 52.2 Å². The van der Waals surface area contributed by atoms with Crippen molar-refractivity contribution in [3.05, 3.63) is 0 Å². The topological polar surface area (TPSA) is 44.4 Å². The van der Waals surface area contributed by atoms with Crippen molar-refractivity contribution in [1.29, 1.82) is 0 Å². The van der Waals surface area contributed by atoms with E-state index < -0.39 is 0 Å². The van der Waals surface area contributed by atoms with Gasteiger partial charge in [-0.15, -0.1) is 0 Å². The van der Waals surface area contributed by atoms with Crippen LogP contribution in [0.4, 0.5) is 0 Å². The van der Waals surface area contributed by atoms with Gasteiger partial charge in [0.2, 0.25) is 5.91 Å². The number of hydrogen-bond acceptors (Lipinski definition) is 3. The number of likely N-dealkylation sites (tertiary alicyclic amines) is 1. The fourth-order valence-corrected chi connectivity index (χ4v) is 3.24. The van der Waals surface area contributed by atoms with E-state index in [1.807, 2.05) is 0 Å². The monoisotopic (exact) mass is 253 g/mol. The Morgan fingerprint density at radius 3 is 2.89 bits per heavy atom. The molecule has 18 heavy (non-hydrogen) atoms. The summed E-state index contributed by atoms with van der Waals surface area (Å²) in [6, 6.07) is 0.526. The average molecular weight is 253 g/mol. The molecule has 104 valence electrons. The lowest BCUT2D eigenvalue weighted by Crippen LogP contribution is -2.55. The molecular formula is C14H27N3O. The first-order chi connectivity index (χ1) is 8.68. The van der Waals surface area contributed by atoms with Crippen molar-refractivity contribution in [3.63, 3.8) is 0 Å². The quantitative estimate of drug-likeness (QED) is 0.789. The largest absolute Gasteiger partial charge is 0.353 e. The van der Waals surface area contributed by atoms with Crippen molar-refractivity contribution in [2.75, 3.05) is 26.7 Å². The smallest absolute Gasteiger partial charge is 0.240 e. The summed E-state index contributed by atoms with van der Waals surface area (Å²) in [6.07, 6.45) is 6.78. The molecule has 2 unspecified atom stereocenters. The number of carbonyl (C=O) groups excluding carboxylic acids is 1. The summed E-state index contributed by atoms with van der Waals surface area (Å²) in [6.45, 7) is 5.05. The van der Waals surface area contributed by atoms with Crippen molar-refractivity contribution >= 4 is 5.91 Å². The Bertz CT molecular complexity index is 287. The summed E-state index contributed by atoms with van der Waals surface area (Å²) in [4.78, 5) is 14.7. The summed E-state index contributed by atoms with van der Waals surface area (Å²) >= 11 is 0. The third-order valence-electron chi connectivity index (χ3n) is 4.70. The van der Waals surface area contributed by atoms with Crippen LogP contribution in [0.2, 0.25) is 0 Å². The van der Waals surface area contributed by atoms with Crippen LogP contribution in [0.3, 0.4) is 0 Å². The van der Waals surface area contributed by atoms with Crippen LogP contribution in [0.15, 0.2) is 0 Å². The maximum absolute atomic E-state index is 12.4. The fraction of sp³-hybridized carbons (Fsp3) is 0.929. The van der Waals surface area contributed by atoms with Gasteiger partial charge >= 0.3 is 0 Å². The summed E-state index contributed by atoms with van der Waals surface area (Å²) in [5.74, 6) is 0.210. The first kappa shape index (κ1) is 13.8. The van der Waals surface area contributed by atoms with Crippen LogP contribution in [0, 0.1) is 0 Å². The lowest BCUT2D eigenvalue weighted by molar-refractivity contribution is -0.127. The van der Waals surface area contributed by atoms with Crippen LogP contribution in [0.25, 0.3) is 0 Å². The summed E-state index contributed by atoms with van der Waals surface area (Å²) in [7, 11) is 2.17. The maximum atomic E-state index is 12.4. The van der Waals surface area contributed by atoms with E-state index in [9.17, 15) is 4.79 Å². The lowest BCUT2D eigenvalue weighted by Gasteiger charge is -2.34. The zero-order valence-electron chi connectivity index (χ0n) is 11.8. The molecule has 2 fully saturated rings. The number of carbonyl (C=O) groups is 1. The zero-order chi connectivity index (χ0) is 13.0. The molecule has 4 heteroatoms. The van der Waals surface area contributed by atoms with E-state index in [0.29, 0.717) is 6.04 Å². The zero-order valence-corrected chi connectivity index (χ0v) is 11.8. The van der Waals surface area contributed by atoms with Gasteiger partial charge in [0.05, 0.1) is 5.54 Å². The van der Waals surface area contributed by atoms with Gasteiger partial charge in [0.25, 0.3) is 0 Å². The minimum absolute atomic E-state index is 0.210. The minimum Gasteiger partial charge on any atom is -0.353 e. The lowest BCUT2D eigenvalue weighted by atomic mass is 9.93. The standard InChI is InChI=1S/C14H27N3O/c1-3-14(8-6-9-16-14)13(18)15-11-12-7-4-5-10-17(12)2/h12,16H,3-11H2,1-2H3,(H,15,18). The number of piperidine rings is 1. The van der Waals surface area contributed by atoms with Crippen LogP contribution < -0.4 is 10.6 Å². The Labute approximate surface area is 110 Å². The van der Waals surface area contributed by atoms with Gasteiger partial charge in [-0.1, -0.05) is 13.3 Å². The second-order valence-corrected chi connectivity index (χ2v) is 5.81. The molecule has 2 rings (SSSR count). The first-order valence-electron chi connectivity index (χ1n) is 7.41. The maximum Gasteiger partial charge on any atom is 0.240 e. The number of likely N-dealkylation sites (N-methyl/N-ethyl adjacent to an activating group) is 1. The molecular weight excluding hydrogens is 226 g/mol. The van der Waals surface area contributed by atoms with E-state index in [-0.39, 0.29) is 11.4 Å². The molecule has 0 bridgehead atoms. The van der Waals surface area contributed by atoms with Gasteiger partial charge < -0.3 is 15.5 Å². The van der Waals surface area contributed by atoms with Gasteiger partial charge in [-0.2, -0.15) is 0 Å². The molecule has 2 N–H and O–H groups in total. The summed E-state index contributed by atoms with van der Waals surface area (Å²) in [5.41, 5.74) is -0.284. The molecule has 2 aliphatic rings. The Kier molecular flexibility index (Phi) is 4.62. The van der Waals surface area contributed by atoms with Gasteiger partial charge in [0.1, 0.15) is 0 Å². The van der Waals surface area contributed by atoms with Crippen LogP contribution in [-0.4, -0.2) is 49.1 Å². The van der Waals surface area contributed by atoms with Crippen molar-refractivity contribution in [2.24, 2.45) is 0 Å². The fourth-order valence-electron chi connectivity index (χ4n) is 3.24. The highest BCUT2D eigenvalue weighted by Crippen LogP contribution is 2.23. The van der Waals surface area contributed by atoms with Crippen molar-refractivity contribution in [2.45, 2.75) is 57.0 Å². The number of rotatable bonds is 4. The van der Waals surface area contributed by atoms with Crippen LogP contribution >= 0.6 is 0 Å². The van der Waals surface area contributed by atoms with Crippen LogP contribution in [0.1, 0.15) is 45.4 Å². The van der Waals surface area contributed by atoms with Gasteiger partial charge in [-0.3, -0.25) is 4.79 Å². The number of nitrogens with zero attached hydrogens (tertiary/aromatic N) is 1. The summed E-state index contributed by atoms with van der Waals surface area (Å²) < 4.78 is 0. The third-order valence-corrected chi connectivity index (χ3v) is 4.70. The number of amides is 1. The molecule has 0 aromatic carbocycles.